The molecule has 0 bridgehead atoms. The summed E-state index contributed by atoms with van der Waals surface area (Å²) in [7, 11) is 3.72. The Hall–Kier alpha value is -1.98. The molecule has 0 atom stereocenters. The van der Waals surface area contributed by atoms with Crippen LogP contribution in [0.1, 0.15) is 10.4 Å². The van der Waals surface area contributed by atoms with E-state index in [9.17, 15) is 9.90 Å². The van der Waals surface area contributed by atoms with Crippen molar-refractivity contribution in [1.82, 2.24) is 0 Å². The molecule has 2 aromatic carbocycles. The summed E-state index contributed by atoms with van der Waals surface area (Å²) in [6.45, 7) is 0.452. The number of nitrogens with zero attached hydrogens (tertiary/aromatic N) is 2. The van der Waals surface area contributed by atoms with Crippen molar-refractivity contribution in [2.75, 3.05) is 27.2 Å². The van der Waals surface area contributed by atoms with Crippen molar-refractivity contribution in [3.8, 4) is 0 Å². The number of hydrogen-bond acceptors (Lipinski definition) is 3. The van der Waals surface area contributed by atoms with Gasteiger partial charge in [0.05, 0.1) is 19.8 Å². The summed E-state index contributed by atoms with van der Waals surface area (Å²) in [6, 6.07) is 18.3. The second-order valence-electron chi connectivity index (χ2n) is 5.88. The second kappa shape index (κ2) is 8.60. The Morgan fingerprint density at radius 3 is 2.04 bits per heavy atom. The molecule has 0 spiro atoms. The van der Waals surface area contributed by atoms with Crippen LogP contribution in [-0.4, -0.2) is 43.3 Å². The van der Waals surface area contributed by atoms with Crippen LogP contribution in [-0.2, 0) is 0 Å². The van der Waals surface area contributed by atoms with E-state index in [1.165, 1.54) is 0 Å². The molecule has 0 heterocycles. The fourth-order valence-corrected chi connectivity index (χ4v) is 2.21. The van der Waals surface area contributed by atoms with Gasteiger partial charge in [-0.3, -0.25) is 9.79 Å². The molecule has 0 aromatic heterocycles. The van der Waals surface area contributed by atoms with Gasteiger partial charge >= 0.3 is 0 Å². The number of aliphatic imine (C=N–C) groups is 1. The average molecular weight is 377 g/mol. The van der Waals surface area contributed by atoms with Gasteiger partial charge < -0.3 is 9.59 Å². The monoisotopic (exact) mass is 376 g/mol. The van der Waals surface area contributed by atoms with E-state index in [1.54, 1.807) is 24.3 Å². The van der Waals surface area contributed by atoms with Crippen LogP contribution in [0.25, 0.3) is 0 Å². The number of ketones is 1. The number of hydrogen-bond donors (Lipinski definition) is 0. The zero-order valence-electron chi connectivity index (χ0n) is 13.3. The molecule has 5 heteroatoms. The van der Waals surface area contributed by atoms with Crippen LogP contribution in [0.5, 0.6) is 0 Å². The number of likely N-dealkylation sites (N-methyl/N-ethyl adjacent to an activating group) is 1. The van der Waals surface area contributed by atoms with E-state index in [-0.39, 0.29) is 46.2 Å². The lowest BCUT2D eigenvalue weighted by molar-refractivity contribution is -0.874. The molecule has 0 radical (unpaired) electrons. The molecule has 0 fully saturated rings. The van der Waals surface area contributed by atoms with Crippen molar-refractivity contribution in [3.63, 3.8) is 0 Å². The van der Waals surface area contributed by atoms with Crippen LogP contribution in [0.3, 0.4) is 0 Å². The number of carbonyl (C=O) groups excluding carboxylic acids is 1. The molecule has 4 nitrogen and oxygen atoms in total. The minimum absolute atomic E-state index is 0. The molecule has 0 saturated heterocycles. The van der Waals surface area contributed by atoms with Crippen LogP contribution in [0.15, 0.2) is 65.7 Å². The van der Waals surface area contributed by atoms with Gasteiger partial charge in [-0.1, -0.05) is 48.5 Å². The Labute approximate surface area is 147 Å². The summed E-state index contributed by atoms with van der Waals surface area (Å²) in [6.07, 6.45) is 0. The van der Waals surface area contributed by atoms with Crippen LogP contribution >= 0.6 is 17.0 Å². The Balaban J connectivity index is 0.00000264. The predicted octanol–water partition coefficient (Wildman–Crippen LogP) is 2.61. The van der Waals surface area contributed by atoms with Crippen molar-refractivity contribution in [2.24, 2.45) is 4.99 Å². The van der Waals surface area contributed by atoms with Crippen LogP contribution in [0.4, 0.5) is 5.69 Å². The van der Waals surface area contributed by atoms with Gasteiger partial charge in [-0.25, -0.2) is 0 Å². The van der Waals surface area contributed by atoms with Crippen LogP contribution in [0.2, 0.25) is 0 Å². The van der Waals surface area contributed by atoms with Gasteiger partial charge in [0.1, 0.15) is 13.1 Å². The largest absolute Gasteiger partial charge is 0.858 e. The summed E-state index contributed by atoms with van der Waals surface area (Å²) in [5, 5.41) is 12.1. The lowest BCUT2D eigenvalue weighted by Crippen LogP contribution is -2.49. The zero-order chi connectivity index (χ0) is 16.0. The van der Waals surface area contributed by atoms with E-state index in [1.807, 2.05) is 50.5 Å². The first-order valence-electron chi connectivity index (χ1n) is 7.16. The molecule has 0 aliphatic carbocycles. The summed E-state index contributed by atoms with van der Waals surface area (Å²) in [5.74, 6) is -0.199. The Morgan fingerprint density at radius 2 is 1.48 bits per heavy atom. The Bertz CT molecular complexity index is 655. The number of halogens is 1. The van der Waals surface area contributed by atoms with Crippen molar-refractivity contribution >= 4 is 34.3 Å². The van der Waals surface area contributed by atoms with E-state index >= 15 is 0 Å². The van der Waals surface area contributed by atoms with Gasteiger partial charge in [-0.2, -0.15) is 0 Å². The number of rotatable bonds is 6. The first-order valence-corrected chi connectivity index (χ1v) is 7.16. The topological polar surface area (TPSA) is 52.5 Å². The smallest absolute Gasteiger partial charge is 0.216 e. The number of benzene rings is 2. The van der Waals surface area contributed by atoms with E-state index in [4.69, 9.17) is 0 Å². The average Bonchev–Trinajstić information content (AvgIpc) is 2.48. The molecule has 0 amide bonds. The highest BCUT2D eigenvalue weighted by molar-refractivity contribution is 8.93. The lowest BCUT2D eigenvalue weighted by Gasteiger charge is -2.31. The summed E-state index contributed by atoms with van der Waals surface area (Å²) in [4.78, 5) is 16.3. The van der Waals surface area contributed by atoms with Gasteiger partial charge in [0, 0.05) is 11.5 Å². The van der Waals surface area contributed by atoms with Gasteiger partial charge in [0.15, 0.2) is 0 Å². The van der Waals surface area contributed by atoms with Gasteiger partial charge in [-0.05, 0) is 12.1 Å². The van der Waals surface area contributed by atoms with Crippen molar-refractivity contribution in [2.45, 2.75) is 0 Å². The minimum atomic E-state index is -0.225. The van der Waals surface area contributed by atoms with E-state index < -0.39 is 0 Å². The highest BCUT2D eigenvalue weighted by atomic mass is 79.9. The molecular weight excluding hydrogens is 356 g/mol. The number of para-hydroxylation sites is 1. The highest BCUT2D eigenvalue weighted by Crippen LogP contribution is 2.10. The fourth-order valence-electron chi connectivity index (χ4n) is 2.21. The molecule has 23 heavy (non-hydrogen) atoms. The molecule has 0 aliphatic heterocycles. The predicted molar refractivity (Wildman–Crippen MR) is 96.5 cm³/mol. The number of Topliss-reactive ketones (excluding diaryl/α,β-unsaturated/α-hetero) is 1. The van der Waals surface area contributed by atoms with Crippen molar-refractivity contribution < 1.29 is 14.4 Å². The van der Waals surface area contributed by atoms with E-state index in [2.05, 4.69) is 4.99 Å². The molecule has 2 aromatic rings. The molecule has 0 saturated carbocycles. The first-order chi connectivity index (χ1) is 10.5. The highest BCUT2D eigenvalue weighted by Gasteiger charge is 2.20. The quantitative estimate of drug-likeness (QED) is 0.336. The van der Waals surface area contributed by atoms with Gasteiger partial charge in [-0.15, -0.1) is 17.0 Å². The maximum atomic E-state index is 12.2. The number of quaternary nitrogens is 1. The van der Waals surface area contributed by atoms with Gasteiger partial charge in [0.2, 0.25) is 5.78 Å². The summed E-state index contributed by atoms with van der Waals surface area (Å²) < 4.78 is 0.281. The normalized spacial score (nSPS) is 11.7. The third-order valence-corrected chi connectivity index (χ3v) is 3.24. The lowest BCUT2D eigenvalue weighted by atomic mass is 10.1. The molecule has 2 rings (SSSR count). The second-order valence-corrected chi connectivity index (χ2v) is 5.88. The fraction of sp³-hybridized carbons (Fsp3) is 0.222. The molecule has 122 valence electrons. The third-order valence-electron chi connectivity index (χ3n) is 3.24. The minimum Gasteiger partial charge on any atom is -0.858 e. The maximum Gasteiger partial charge on any atom is 0.216 e. The molecular formula is C18H21BrN2O2. The van der Waals surface area contributed by atoms with E-state index in [0.717, 1.165) is 0 Å². The molecule has 0 N–H and O–H groups in total. The zero-order valence-corrected chi connectivity index (χ0v) is 15.0. The summed E-state index contributed by atoms with van der Waals surface area (Å²) in [5.41, 5.74) is 1.31. The molecule has 0 unspecified atom stereocenters. The van der Waals surface area contributed by atoms with Gasteiger partial charge in [0.25, 0.3) is 0 Å². The van der Waals surface area contributed by atoms with Crippen molar-refractivity contribution in [1.29, 1.82) is 0 Å². The Kier molecular flexibility index (Phi) is 7.13. The summed E-state index contributed by atoms with van der Waals surface area (Å²) >= 11 is 0. The van der Waals surface area contributed by atoms with Crippen LogP contribution < -0.4 is 5.11 Å². The standard InChI is InChI=1S/C18H20N2O2.BrH/c1-20(2,13-17(21)15-9-5-3-6-10-15)14-18(22)19-16-11-7-4-8-12-16;/h3-12H,13-14H2,1-2H3;1H. The number of carbonyl (C=O) groups is 1. The van der Waals surface area contributed by atoms with Crippen molar-refractivity contribution in [3.05, 3.63) is 66.2 Å². The van der Waals surface area contributed by atoms with Crippen LogP contribution in [0, 0.1) is 0 Å². The third kappa shape index (κ3) is 6.34. The maximum absolute atomic E-state index is 12.2. The SMILES string of the molecule is Br.C[N+](C)(CC(=O)c1ccccc1)CC([O-])=Nc1ccccc1. The molecule has 0 aliphatic rings. The Morgan fingerprint density at radius 1 is 0.957 bits per heavy atom. The first kappa shape index (κ1) is 19.1. The van der Waals surface area contributed by atoms with E-state index in [0.29, 0.717) is 11.3 Å².